The summed E-state index contributed by atoms with van der Waals surface area (Å²) in [5.41, 5.74) is 2.04. The number of hydrogen-bond donors (Lipinski definition) is 2. The first-order valence-corrected chi connectivity index (χ1v) is 7.35. The number of nitrogens with one attached hydrogen (secondary N) is 2. The molecule has 1 amide bonds. The average Bonchev–Trinajstić information content (AvgIpc) is 2.96. The molecule has 1 atom stereocenters. The summed E-state index contributed by atoms with van der Waals surface area (Å²) in [5, 5.41) is 10.9. The molecule has 1 unspecified atom stereocenters. The lowest BCUT2D eigenvalue weighted by atomic mass is 10.1. The van der Waals surface area contributed by atoms with E-state index in [1.807, 2.05) is 23.1 Å². The van der Waals surface area contributed by atoms with Gasteiger partial charge in [0, 0.05) is 36.3 Å². The highest BCUT2D eigenvalue weighted by molar-refractivity contribution is 6.33. The molecule has 2 heterocycles. The van der Waals surface area contributed by atoms with Gasteiger partial charge in [0.05, 0.1) is 17.5 Å². The minimum atomic E-state index is -0.00739. The van der Waals surface area contributed by atoms with Crippen LogP contribution in [0.4, 0.5) is 0 Å². The van der Waals surface area contributed by atoms with E-state index < -0.39 is 0 Å². The molecule has 1 saturated heterocycles. The summed E-state index contributed by atoms with van der Waals surface area (Å²) in [7, 11) is 0. The second-order valence-corrected chi connectivity index (χ2v) is 5.65. The van der Waals surface area contributed by atoms with E-state index in [4.69, 9.17) is 11.6 Å². The van der Waals surface area contributed by atoms with Crippen molar-refractivity contribution in [2.24, 2.45) is 0 Å². The maximum Gasteiger partial charge on any atom is 0.257 e. The highest BCUT2D eigenvalue weighted by Gasteiger charge is 2.25. The third-order valence-electron chi connectivity index (χ3n) is 3.67. The summed E-state index contributed by atoms with van der Waals surface area (Å²) >= 11 is 6.22. The lowest BCUT2D eigenvalue weighted by Gasteiger charge is -2.31. The largest absolute Gasteiger partial charge is 0.336 e. The number of aromatic amines is 1. The average molecular weight is 305 g/mol. The predicted molar refractivity (Wildman–Crippen MR) is 82.4 cm³/mol. The number of halogens is 1. The van der Waals surface area contributed by atoms with Gasteiger partial charge < -0.3 is 10.2 Å². The van der Waals surface area contributed by atoms with Crippen molar-refractivity contribution >= 4 is 17.5 Å². The van der Waals surface area contributed by atoms with Gasteiger partial charge in [-0.2, -0.15) is 5.10 Å². The van der Waals surface area contributed by atoms with E-state index in [0.717, 1.165) is 12.1 Å². The van der Waals surface area contributed by atoms with Crippen molar-refractivity contribution in [3.05, 3.63) is 41.0 Å². The van der Waals surface area contributed by atoms with Crippen LogP contribution < -0.4 is 5.32 Å². The van der Waals surface area contributed by atoms with Gasteiger partial charge in [-0.3, -0.25) is 9.89 Å². The molecule has 3 rings (SSSR count). The zero-order valence-corrected chi connectivity index (χ0v) is 12.5. The highest BCUT2D eigenvalue weighted by atomic mass is 35.5. The van der Waals surface area contributed by atoms with Crippen LogP contribution >= 0.6 is 11.6 Å². The molecule has 21 heavy (non-hydrogen) atoms. The molecule has 1 aromatic heterocycles. The molecule has 0 aliphatic carbocycles. The standard InChI is InChI=1S/C15H17ClN4O/c1-10-9-20(7-6-17-10)15(21)12-8-18-19-14(12)11-4-2-3-5-13(11)16/h2-5,8,10,17H,6-7,9H2,1H3,(H,18,19). The van der Waals surface area contributed by atoms with Gasteiger partial charge in [0.15, 0.2) is 0 Å². The third-order valence-corrected chi connectivity index (χ3v) is 4.00. The van der Waals surface area contributed by atoms with Gasteiger partial charge in [0.1, 0.15) is 0 Å². The summed E-state index contributed by atoms with van der Waals surface area (Å²) in [5.74, 6) is -0.00739. The van der Waals surface area contributed by atoms with E-state index in [2.05, 4.69) is 22.4 Å². The molecule has 1 aromatic carbocycles. The molecule has 0 radical (unpaired) electrons. The minimum Gasteiger partial charge on any atom is -0.336 e. The van der Waals surface area contributed by atoms with Crippen LogP contribution in [0.1, 0.15) is 17.3 Å². The Bertz CT molecular complexity index is 655. The Morgan fingerprint density at radius 2 is 2.24 bits per heavy atom. The first kappa shape index (κ1) is 14.1. The number of rotatable bonds is 2. The van der Waals surface area contributed by atoms with Crippen LogP contribution in [-0.4, -0.2) is 46.7 Å². The molecule has 0 bridgehead atoms. The fraction of sp³-hybridized carbons (Fsp3) is 0.333. The first-order valence-electron chi connectivity index (χ1n) is 6.97. The zero-order chi connectivity index (χ0) is 14.8. The SMILES string of the molecule is CC1CN(C(=O)c2cn[nH]c2-c2ccccc2Cl)CCN1. The van der Waals surface area contributed by atoms with Gasteiger partial charge in [0.25, 0.3) is 5.91 Å². The van der Waals surface area contributed by atoms with Gasteiger partial charge >= 0.3 is 0 Å². The second-order valence-electron chi connectivity index (χ2n) is 5.24. The smallest absolute Gasteiger partial charge is 0.257 e. The third kappa shape index (κ3) is 2.80. The van der Waals surface area contributed by atoms with Crippen molar-refractivity contribution in [1.82, 2.24) is 20.4 Å². The second kappa shape index (κ2) is 5.87. The fourth-order valence-corrected chi connectivity index (χ4v) is 2.83. The summed E-state index contributed by atoms with van der Waals surface area (Å²) < 4.78 is 0. The summed E-state index contributed by atoms with van der Waals surface area (Å²) in [6, 6.07) is 7.75. The topological polar surface area (TPSA) is 61.0 Å². The molecule has 110 valence electrons. The summed E-state index contributed by atoms with van der Waals surface area (Å²) in [6.45, 7) is 4.29. The number of carbonyl (C=O) groups is 1. The van der Waals surface area contributed by atoms with Crippen LogP contribution in [0.15, 0.2) is 30.5 Å². The molecule has 6 heteroatoms. The molecule has 2 aromatic rings. The fourth-order valence-electron chi connectivity index (χ4n) is 2.60. The molecule has 1 aliphatic rings. The Kier molecular flexibility index (Phi) is 3.94. The van der Waals surface area contributed by atoms with Crippen molar-refractivity contribution in [2.75, 3.05) is 19.6 Å². The number of benzene rings is 1. The number of piperazine rings is 1. The predicted octanol–water partition coefficient (Wildman–Crippen LogP) is 2.16. The van der Waals surface area contributed by atoms with Crippen molar-refractivity contribution in [3.63, 3.8) is 0 Å². The Balaban J connectivity index is 1.92. The Hall–Kier alpha value is -1.85. The molecule has 0 spiro atoms. The zero-order valence-electron chi connectivity index (χ0n) is 11.8. The van der Waals surface area contributed by atoms with Gasteiger partial charge in [-0.25, -0.2) is 0 Å². The quantitative estimate of drug-likeness (QED) is 0.894. The normalized spacial score (nSPS) is 18.8. The van der Waals surface area contributed by atoms with Gasteiger partial charge in [0.2, 0.25) is 0 Å². The Morgan fingerprint density at radius 1 is 1.43 bits per heavy atom. The van der Waals surface area contributed by atoms with Crippen LogP contribution in [0.25, 0.3) is 11.3 Å². The monoisotopic (exact) mass is 304 g/mol. The number of H-pyrrole nitrogens is 1. The minimum absolute atomic E-state index is 0.00739. The summed E-state index contributed by atoms with van der Waals surface area (Å²) in [4.78, 5) is 14.6. The molecule has 1 fully saturated rings. The Morgan fingerprint density at radius 3 is 3.00 bits per heavy atom. The molecule has 2 N–H and O–H groups in total. The van der Waals surface area contributed by atoms with Crippen molar-refractivity contribution in [2.45, 2.75) is 13.0 Å². The van der Waals surface area contributed by atoms with Crippen molar-refractivity contribution in [3.8, 4) is 11.3 Å². The number of aromatic nitrogens is 2. The molecule has 5 nitrogen and oxygen atoms in total. The van der Waals surface area contributed by atoms with Gasteiger partial charge in [-0.1, -0.05) is 29.8 Å². The molecule has 1 aliphatic heterocycles. The first-order chi connectivity index (χ1) is 10.2. The van der Waals surface area contributed by atoms with E-state index >= 15 is 0 Å². The lowest BCUT2D eigenvalue weighted by Crippen LogP contribution is -2.51. The maximum absolute atomic E-state index is 12.7. The molecular formula is C15H17ClN4O. The molecular weight excluding hydrogens is 288 g/mol. The van der Waals surface area contributed by atoms with Crippen LogP contribution in [0.2, 0.25) is 5.02 Å². The molecule has 0 saturated carbocycles. The number of amides is 1. The van der Waals surface area contributed by atoms with Gasteiger partial charge in [-0.15, -0.1) is 0 Å². The van der Waals surface area contributed by atoms with Crippen molar-refractivity contribution < 1.29 is 4.79 Å². The summed E-state index contributed by atoms with van der Waals surface area (Å²) in [6.07, 6.45) is 1.58. The highest BCUT2D eigenvalue weighted by Crippen LogP contribution is 2.29. The van der Waals surface area contributed by atoms with Crippen LogP contribution in [0.5, 0.6) is 0 Å². The Labute approximate surface area is 128 Å². The van der Waals surface area contributed by atoms with Crippen LogP contribution in [0.3, 0.4) is 0 Å². The van der Waals surface area contributed by atoms with E-state index in [-0.39, 0.29) is 5.91 Å². The van der Waals surface area contributed by atoms with E-state index in [1.165, 1.54) is 0 Å². The van der Waals surface area contributed by atoms with E-state index in [0.29, 0.717) is 35.4 Å². The van der Waals surface area contributed by atoms with Crippen LogP contribution in [0, 0.1) is 0 Å². The van der Waals surface area contributed by atoms with Gasteiger partial charge in [-0.05, 0) is 13.0 Å². The van der Waals surface area contributed by atoms with E-state index in [1.54, 1.807) is 12.3 Å². The number of carbonyl (C=O) groups excluding carboxylic acids is 1. The van der Waals surface area contributed by atoms with Crippen LogP contribution in [-0.2, 0) is 0 Å². The van der Waals surface area contributed by atoms with E-state index in [9.17, 15) is 4.79 Å². The number of nitrogens with zero attached hydrogens (tertiary/aromatic N) is 2. The van der Waals surface area contributed by atoms with Crippen molar-refractivity contribution in [1.29, 1.82) is 0 Å². The maximum atomic E-state index is 12.7. The lowest BCUT2D eigenvalue weighted by molar-refractivity contribution is 0.0710. The number of hydrogen-bond acceptors (Lipinski definition) is 3.